The van der Waals surface area contributed by atoms with Gasteiger partial charge < -0.3 is 15.3 Å². The molecule has 1 aliphatic heterocycles. The highest BCUT2D eigenvalue weighted by atomic mass is 32.1. The van der Waals surface area contributed by atoms with Crippen LogP contribution in [0.4, 0.5) is 0 Å². The number of amides is 3. The summed E-state index contributed by atoms with van der Waals surface area (Å²) in [6.07, 6.45) is 0.963. The number of aromatic nitrogens is 1. The van der Waals surface area contributed by atoms with E-state index in [1.165, 1.54) is 28.1 Å². The normalized spacial score (nSPS) is 16.8. The number of benzene rings is 3. The molecular formula is C33H34N4O4S. The Hall–Kier alpha value is -4.34. The number of carbonyl (C=O) groups is 3. The van der Waals surface area contributed by atoms with Crippen LogP contribution in [0.5, 0.6) is 0 Å². The molecule has 0 saturated carbocycles. The van der Waals surface area contributed by atoms with Gasteiger partial charge >= 0.3 is 0 Å². The van der Waals surface area contributed by atoms with E-state index >= 15 is 0 Å². The van der Waals surface area contributed by atoms with Crippen molar-refractivity contribution in [2.75, 3.05) is 6.54 Å². The molecule has 9 heteroatoms. The van der Waals surface area contributed by atoms with Crippen molar-refractivity contribution in [1.82, 2.24) is 20.1 Å². The summed E-state index contributed by atoms with van der Waals surface area (Å²) in [5, 5.41) is 15.0. The van der Waals surface area contributed by atoms with Gasteiger partial charge in [-0.2, -0.15) is 0 Å². The van der Waals surface area contributed by atoms with Crippen LogP contribution in [0.1, 0.15) is 43.0 Å². The number of nitrogens with one attached hydrogen (secondary N) is 1. The van der Waals surface area contributed by atoms with Gasteiger partial charge in [-0.3, -0.25) is 19.3 Å². The lowest BCUT2D eigenvalue weighted by Crippen LogP contribution is -2.56. The van der Waals surface area contributed by atoms with E-state index < -0.39 is 24.1 Å². The highest BCUT2D eigenvalue weighted by molar-refractivity contribution is 7.18. The zero-order valence-electron chi connectivity index (χ0n) is 23.8. The quantitative estimate of drug-likeness (QED) is 0.296. The highest BCUT2D eigenvalue weighted by Gasteiger charge is 2.40. The van der Waals surface area contributed by atoms with Gasteiger partial charge in [0.2, 0.25) is 11.8 Å². The van der Waals surface area contributed by atoms with Gasteiger partial charge in [0, 0.05) is 13.1 Å². The Labute approximate surface area is 249 Å². The summed E-state index contributed by atoms with van der Waals surface area (Å²) >= 11 is 1.39. The molecule has 2 heterocycles. The number of nitrogens with zero attached hydrogens (tertiary/aromatic N) is 3. The number of hydrogen-bond acceptors (Lipinski definition) is 6. The lowest BCUT2D eigenvalue weighted by Gasteiger charge is -2.40. The first-order valence-corrected chi connectivity index (χ1v) is 14.8. The largest absolute Gasteiger partial charge is 0.384 e. The van der Waals surface area contributed by atoms with Gasteiger partial charge in [0.25, 0.3) is 5.91 Å². The topological polar surface area (TPSA) is 103 Å². The average molecular weight is 583 g/mol. The Morgan fingerprint density at radius 1 is 0.976 bits per heavy atom. The fourth-order valence-corrected chi connectivity index (χ4v) is 6.29. The Morgan fingerprint density at radius 3 is 2.26 bits per heavy atom. The maximum atomic E-state index is 13.9. The van der Waals surface area contributed by atoms with Gasteiger partial charge in [-0.25, -0.2) is 4.98 Å². The second kappa shape index (κ2) is 12.7. The first kappa shape index (κ1) is 29.2. The molecule has 0 aliphatic carbocycles. The smallest absolute Gasteiger partial charge is 0.250 e. The molecule has 8 nitrogen and oxygen atoms in total. The van der Waals surface area contributed by atoms with Crippen molar-refractivity contribution in [2.45, 2.75) is 45.4 Å². The van der Waals surface area contributed by atoms with Gasteiger partial charge in [-0.1, -0.05) is 86.6 Å². The standard InChI is InChI=1S/C33H34N4O4S/c1-21(2)30-33(41)37(27(19-36(30)22(3)38)24-14-8-5-9-15-24)20-29(39)34-26(18-23-12-6-4-7-13-23)31(40)32-35-25-16-10-11-17-28(25)42-32/h4-17,19,21,26,30-31,40H,18,20H2,1-3H3,(H,34,39)/t26-,30?,31?/m0/s1. The molecule has 5 rings (SSSR count). The maximum Gasteiger partial charge on any atom is 0.250 e. The highest BCUT2D eigenvalue weighted by Crippen LogP contribution is 2.31. The number of fused-ring (bicyclic) bond motifs is 1. The monoisotopic (exact) mass is 582 g/mol. The van der Waals surface area contributed by atoms with Gasteiger partial charge in [0.1, 0.15) is 23.7 Å². The third-order valence-electron chi connectivity index (χ3n) is 7.33. The van der Waals surface area contributed by atoms with Crippen LogP contribution < -0.4 is 5.32 Å². The minimum Gasteiger partial charge on any atom is -0.384 e. The summed E-state index contributed by atoms with van der Waals surface area (Å²) in [5.41, 5.74) is 2.91. The first-order valence-electron chi connectivity index (χ1n) is 14.0. The van der Waals surface area contributed by atoms with Crippen LogP contribution in [0.3, 0.4) is 0 Å². The van der Waals surface area contributed by atoms with Crippen molar-refractivity contribution in [1.29, 1.82) is 0 Å². The fraction of sp³-hybridized carbons (Fsp3) is 0.273. The molecule has 0 radical (unpaired) electrons. The van der Waals surface area contributed by atoms with E-state index in [1.807, 2.05) is 98.8 Å². The van der Waals surface area contributed by atoms with Crippen LogP contribution in [0.2, 0.25) is 0 Å². The molecule has 0 bridgehead atoms. The Bertz CT molecular complexity index is 1570. The van der Waals surface area contributed by atoms with E-state index in [0.717, 1.165) is 15.8 Å². The molecular weight excluding hydrogens is 548 g/mol. The van der Waals surface area contributed by atoms with Crippen LogP contribution in [0, 0.1) is 5.92 Å². The summed E-state index contributed by atoms with van der Waals surface area (Å²) in [6, 6.07) is 25.1. The van der Waals surface area contributed by atoms with Crippen LogP contribution in [-0.2, 0) is 20.8 Å². The average Bonchev–Trinajstić information content (AvgIpc) is 3.42. The molecule has 2 N–H and O–H groups in total. The van der Waals surface area contributed by atoms with E-state index in [4.69, 9.17) is 0 Å². The predicted octanol–water partition coefficient (Wildman–Crippen LogP) is 4.77. The Morgan fingerprint density at radius 2 is 1.62 bits per heavy atom. The number of rotatable bonds is 9. The lowest BCUT2D eigenvalue weighted by molar-refractivity contribution is -0.144. The SMILES string of the molecule is CC(=O)N1C=C(c2ccccc2)N(CC(=O)N[C@@H](Cc2ccccc2)C(O)c2nc3ccccc3s2)C(=O)C1C(C)C. The van der Waals surface area contributed by atoms with Crippen molar-refractivity contribution >= 4 is 45.0 Å². The number of thiazole rings is 1. The zero-order chi connectivity index (χ0) is 29.8. The van der Waals surface area contributed by atoms with Crippen LogP contribution in [-0.4, -0.2) is 56.2 Å². The fourth-order valence-electron chi connectivity index (χ4n) is 5.27. The van der Waals surface area contributed by atoms with E-state index in [2.05, 4.69) is 10.3 Å². The molecule has 0 fully saturated rings. The number of aliphatic hydroxyl groups is 1. The second-order valence-electron chi connectivity index (χ2n) is 10.7. The predicted molar refractivity (Wildman–Crippen MR) is 164 cm³/mol. The third kappa shape index (κ3) is 6.27. The van der Waals surface area contributed by atoms with Gasteiger partial charge in [0.05, 0.1) is 22.0 Å². The summed E-state index contributed by atoms with van der Waals surface area (Å²) in [4.78, 5) is 47.7. The number of carbonyl (C=O) groups excluding carboxylic acids is 3. The number of hydrogen-bond donors (Lipinski definition) is 2. The number of aliphatic hydroxyl groups excluding tert-OH is 1. The molecule has 1 aromatic heterocycles. The molecule has 2 unspecified atom stereocenters. The van der Waals surface area contributed by atoms with Crippen molar-refractivity contribution in [3.63, 3.8) is 0 Å². The van der Waals surface area contributed by atoms with Crippen molar-refractivity contribution < 1.29 is 19.5 Å². The molecule has 216 valence electrons. The van der Waals surface area contributed by atoms with Crippen molar-refractivity contribution in [3.8, 4) is 0 Å². The Balaban J connectivity index is 1.45. The third-order valence-corrected chi connectivity index (χ3v) is 8.43. The summed E-state index contributed by atoms with van der Waals surface area (Å²) in [6.45, 7) is 4.92. The minimum absolute atomic E-state index is 0.174. The van der Waals surface area contributed by atoms with E-state index in [0.29, 0.717) is 22.7 Å². The molecule has 3 atom stereocenters. The summed E-state index contributed by atoms with van der Waals surface area (Å²) in [5.74, 6) is -1.18. The van der Waals surface area contributed by atoms with Crippen molar-refractivity contribution in [3.05, 3.63) is 107 Å². The minimum atomic E-state index is -1.07. The van der Waals surface area contributed by atoms with E-state index in [1.54, 1.807) is 6.20 Å². The molecule has 42 heavy (non-hydrogen) atoms. The summed E-state index contributed by atoms with van der Waals surface area (Å²) < 4.78 is 0.947. The van der Waals surface area contributed by atoms with Crippen LogP contribution >= 0.6 is 11.3 Å². The van der Waals surface area contributed by atoms with Crippen LogP contribution in [0.25, 0.3) is 15.9 Å². The van der Waals surface area contributed by atoms with E-state index in [-0.39, 0.29) is 24.3 Å². The van der Waals surface area contributed by atoms with Gasteiger partial charge in [-0.05, 0) is 35.6 Å². The lowest BCUT2D eigenvalue weighted by atomic mass is 9.97. The first-order chi connectivity index (χ1) is 20.2. The zero-order valence-corrected chi connectivity index (χ0v) is 24.6. The molecule has 0 saturated heterocycles. The van der Waals surface area contributed by atoms with Gasteiger partial charge in [0.15, 0.2) is 0 Å². The van der Waals surface area contributed by atoms with Gasteiger partial charge in [-0.15, -0.1) is 11.3 Å². The molecule has 0 spiro atoms. The molecule has 3 aromatic carbocycles. The molecule has 1 aliphatic rings. The molecule has 3 amide bonds. The number of para-hydroxylation sites is 1. The Kier molecular flexibility index (Phi) is 8.80. The molecule has 4 aromatic rings. The van der Waals surface area contributed by atoms with Crippen molar-refractivity contribution in [2.24, 2.45) is 5.92 Å². The van der Waals surface area contributed by atoms with Crippen LogP contribution in [0.15, 0.2) is 91.1 Å². The van der Waals surface area contributed by atoms with E-state index in [9.17, 15) is 19.5 Å². The summed E-state index contributed by atoms with van der Waals surface area (Å²) in [7, 11) is 0. The second-order valence-corrected chi connectivity index (χ2v) is 11.8. The maximum absolute atomic E-state index is 13.9.